The molecule has 0 unspecified atom stereocenters. The van der Waals surface area contributed by atoms with Gasteiger partial charge in [0, 0.05) is 17.5 Å². The van der Waals surface area contributed by atoms with Crippen LogP contribution in [-0.2, 0) is 14.3 Å². The van der Waals surface area contributed by atoms with Crippen LogP contribution in [0.2, 0.25) is 0 Å². The Morgan fingerprint density at radius 2 is 1.86 bits per heavy atom. The molecule has 29 heavy (non-hydrogen) atoms. The number of methoxy groups -OCH3 is 2. The number of carbonyl (C=O) groups excluding carboxylic acids is 2. The van der Waals surface area contributed by atoms with Crippen LogP contribution in [0, 0.1) is 12.8 Å². The van der Waals surface area contributed by atoms with Crippen molar-refractivity contribution in [2.75, 3.05) is 20.8 Å². The van der Waals surface area contributed by atoms with E-state index in [9.17, 15) is 9.59 Å². The molecule has 0 saturated carbocycles. The summed E-state index contributed by atoms with van der Waals surface area (Å²) in [6.45, 7) is 3.98. The lowest BCUT2D eigenvalue weighted by Gasteiger charge is -2.30. The lowest BCUT2D eigenvalue weighted by atomic mass is 9.72. The van der Waals surface area contributed by atoms with E-state index in [4.69, 9.17) is 14.2 Å². The van der Waals surface area contributed by atoms with E-state index in [0.29, 0.717) is 17.9 Å². The van der Waals surface area contributed by atoms with E-state index >= 15 is 0 Å². The van der Waals surface area contributed by atoms with Gasteiger partial charge in [-0.15, -0.1) is 0 Å². The second-order valence-electron chi connectivity index (χ2n) is 7.04. The van der Waals surface area contributed by atoms with E-state index in [0.717, 1.165) is 22.3 Å². The molecule has 1 aliphatic carbocycles. The maximum Gasteiger partial charge on any atom is 0.317 e. The Morgan fingerprint density at radius 3 is 2.52 bits per heavy atom. The van der Waals surface area contributed by atoms with Crippen LogP contribution >= 0.6 is 0 Å². The predicted octanol–water partition coefficient (Wildman–Crippen LogP) is 4.33. The number of esters is 1. The highest BCUT2D eigenvalue weighted by Crippen LogP contribution is 2.43. The minimum absolute atomic E-state index is 0.240. The third-order valence-electron chi connectivity index (χ3n) is 5.35. The first kappa shape index (κ1) is 20.6. The zero-order valence-corrected chi connectivity index (χ0v) is 17.2. The van der Waals surface area contributed by atoms with Gasteiger partial charge in [-0.25, -0.2) is 0 Å². The molecular weight excluding hydrogens is 368 g/mol. The van der Waals surface area contributed by atoms with Gasteiger partial charge in [-0.2, -0.15) is 0 Å². The molecule has 0 fully saturated rings. The maximum absolute atomic E-state index is 13.1. The zero-order chi connectivity index (χ0) is 21.0. The van der Waals surface area contributed by atoms with Crippen LogP contribution in [0.5, 0.6) is 11.5 Å². The minimum atomic E-state index is -0.843. The number of ether oxygens (including phenoxy) is 3. The molecule has 0 amide bonds. The zero-order valence-electron chi connectivity index (χ0n) is 17.2. The molecule has 1 aliphatic rings. The monoisotopic (exact) mass is 394 g/mol. The lowest BCUT2D eigenvalue weighted by molar-refractivity contribution is -0.151. The average molecular weight is 394 g/mol. The maximum atomic E-state index is 13.1. The fraction of sp³-hybridized carbons (Fsp3) is 0.333. The summed E-state index contributed by atoms with van der Waals surface area (Å²) in [5.41, 5.74) is 3.69. The van der Waals surface area contributed by atoms with Gasteiger partial charge in [0.05, 0.1) is 20.8 Å². The number of benzene rings is 2. The van der Waals surface area contributed by atoms with E-state index in [-0.39, 0.29) is 18.3 Å². The minimum Gasteiger partial charge on any atom is -0.497 e. The molecule has 0 heterocycles. The van der Waals surface area contributed by atoms with Crippen molar-refractivity contribution in [2.45, 2.75) is 26.2 Å². The Hall–Kier alpha value is -3.08. The second kappa shape index (κ2) is 8.95. The molecule has 0 aliphatic heterocycles. The molecule has 3 rings (SSSR count). The van der Waals surface area contributed by atoms with Gasteiger partial charge >= 0.3 is 5.97 Å². The molecule has 2 atom stereocenters. The third-order valence-corrected chi connectivity index (χ3v) is 5.35. The van der Waals surface area contributed by atoms with Crippen LogP contribution in [0.1, 0.15) is 36.0 Å². The fourth-order valence-corrected chi connectivity index (χ4v) is 3.93. The van der Waals surface area contributed by atoms with Crippen LogP contribution in [0.3, 0.4) is 0 Å². The fourth-order valence-electron chi connectivity index (χ4n) is 3.93. The van der Waals surface area contributed by atoms with E-state index < -0.39 is 11.9 Å². The van der Waals surface area contributed by atoms with Gasteiger partial charge in [-0.3, -0.25) is 9.59 Å². The van der Waals surface area contributed by atoms with E-state index in [1.807, 2.05) is 43.3 Å². The van der Waals surface area contributed by atoms with Crippen LogP contribution in [0.25, 0.3) is 5.57 Å². The molecule has 5 nitrogen and oxygen atoms in total. The molecule has 0 spiro atoms. The summed E-state index contributed by atoms with van der Waals surface area (Å²) in [6.07, 6.45) is 2.09. The number of ketones is 1. The van der Waals surface area contributed by atoms with Crippen molar-refractivity contribution in [3.8, 4) is 11.5 Å². The van der Waals surface area contributed by atoms with Crippen molar-refractivity contribution in [3.63, 3.8) is 0 Å². The first-order chi connectivity index (χ1) is 14.0. The highest BCUT2D eigenvalue weighted by atomic mass is 16.5. The molecule has 5 heteroatoms. The number of hydrogen-bond donors (Lipinski definition) is 0. The molecule has 0 bridgehead atoms. The molecule has 0 N–H and O–H groups in total. The van der Waals surface area contributed by atoms with Crippen LogP contribution in [-0.4, -0.2) is 32.6 Å². The van der Waals surface area contributed by atoms with Crippen molar-refractivity contribution in [3.05, 3.63) is 65.2 Å². The van der Waals surface area contributed by atoms with Gasteiger partial charge in [0.2, 0.25) is 0 Å². The predicted molar refractivity (Wildman–Crippen MR) is 111 cm³/mol. The largest absolute Gasteiger partial charge is 0.497 e. The first-order valence-corrected chi connectivity index (χ1v) is 9.69. The van der Waals surface area contributed by atoms with Gasteiger partial charge in [-0.1, -0.05) is 24.3 Å². The van der Waals surface area contributed by atoms with Crippen molar-refractivity contribution in [1.82, 2.24) is 0 Å². The van der Waals surface area contributed by atoms with E-state index in [2.05, 4.69) is 0 Å². The second-order valence-corrected chi connectivity index (χ2v) is 7.04. The summed E-state index contributed by atoms with van der Waals surface area (Å²) in [5, 5.41) is 0. The van der Waals surface area contributed by atoms with Crippen LogP contribution in [0.15, 0.2) is 48.5 Å². The summed E-state index contributed by atoms with van der Waals surface area (Å²) in [4.78, 5) is 25.7. The normalized spacial score (nSPS) is 18.8. The number of allylic oxidation sites excluding steroid dienone is 2. The van der Waals surface area contributed by atoms with Crippen molar-refractivity contribution < 1.29 is 23.8 Å². The average Bonchev–Trinajstić information content (AvgIpc) is 2.73. The Balaban J connectivity index is 2.08. The van der Waals surface area contributed by atoms with Crippen molar-refractivity contribution >= 4 is 17.3 Å². The highest BCUT2D eigenvalue weighted by molar-refractivity contribution is 6.11. The van der Waals surface area contributed by atoms with Crippen molar-refractivity contribution in [1.29, 1.82) is 0 Å². The SMILES string of the molecule is CCOC(=O)[C@H]1C(=O)C=C(c2ccc(OC)cc2OC)C[C@@H]1c1ccccc1C. The Morgan fingerprint density at radius 1 is 1.10 bits per heavy atom. The van der Waals surface area contributed by atoms with E-state index in [1.54, 1.807) is 33.3 Å². The molecule has 2 aromatic carbocycles. The topological polar surface area (TPSA) is 61.8 Å². The Kier molecular flexibility index (Phi) is 6.37. The van der Waals surface area contributed by atoms with Crippen LogP contribution in [0.4, 0.5) is 0 Å². The third kappa shape index (κ3) is 4.19. The smallest absolute Gasteiger partial charge is 0.317 e. The van der Waals surface area contributed by atoms with Gasteiger partial charge in [0.15, 0.2) is 5.78 Å². The van der Waals surface area contributed by atoms with Gasteiger partial charge < -0.3 is 14.2 Å². The van der Waals surface area contributed by atoms with Gasteiger partial charge in [0.25, 0.3) is 0 Å². The number of carbonyl (C=O) groups is 2. The molecule has 152 valence electrons. The Bertz CT molecular complexity index is 944. The lowest BCUT2D eigenvalue weighted by Crippen LogP contribution is -2.34. The van der Waals surface area contributed by atoms with Crippen molar-refractivity contribution in [2.24, 2.45) is 5.92 Å². The number of rotatable bonds is 6. The van der Waals surface area contributed by atoms with Gasteiger partial charge in [0.1, 0.15) is 17.4 Å². The summed E-state index contributed by atoms with van der Waals surface area (Å²) < 4.78 is 16.0. The Labute approximate surface area is 171 Å². The summed E-state index contributed by atoms with van der Waals surface area (Å²) in [7, 11) is 3.18. The molecule has 0 radical (unpaired) electrons. The molecule has 0 saturated heterocycles. The highest BCUT2D eigenvalue weighted by Gasteiger charge is 2.40. The standard InChI is InChI=1S/C24H26O5/c1-5-29-24(26)23-20(18-9-7-6-8-15(18)2)12-16(13-21(23)25)19-11-10-17(27-3)14-22(19)28-4/h6-11,13-14,20,23H,5,12H2,1-4H3/t20-,23-/m1/s1. The number of hydrogen-bond acceptors (Lipinski definition) is 5. The van der Waals surface area contributed by atoms with Gasteiger partial charge in [-0.05, 0) is 55.2 Å². The molecule has 0 aromatic heterocycles. The summed E-state index contributed by atoms with van der Waals surface area (Å²) in [6, 6.07) is 13.4. The quantitative estimate of drug-likeness (QED) is 0.539. The summed E-state index contributed by atoms with van der Waals surface area (Å²) in [5.74, 6) is -0.549. The molecular formula is C24H26O5. The molecule has 2 aromatic rings. The van der Waals surface area contributed by atoms with Crippen LogP contribution < -0.4 is 9.47 Å². The summed E-state index contributed by atoms with van der Waals surface area (Å²) >= 11 is 0. The number of aryl methyl sites for hydroxylation is 1. The van der Waals surface area contributed by atoms with E-state index in [1.165, 1.54) is 0 Å². The first-order valence-electron chi connectivity index (χ1n) is 9.69.